The van der Waals surface area contributed by atoms with Gasteiger partial charge in [-0.3, -0.25) is 4.98 Å². The van der Waals surface area contributed by atoms with Gasteiger partial charge in [0.15, 0.2) is 5.82 Å². The molecule has 25 heavy (non-hydrogen) atoms. The minimum atomic E-state index is 0.0226. The maximum Gasteiger partial charge on any atom is 0.230 e. The van der Waals surface area contributed by atoms with E-state index >= 15 is 0 Å². The molecule has 1 atom stereocenters. The molecule has 4 heterocycles. The molecule has 0 fully saturated rings. The van der Waals surface area contributed by atoms with E-state index < -0.39 is 0 Å². The average molecular weight is 339 g/mol. The molecule has 3 aromatic rings. The van der Waals surface area contributed by atoms with Gasteiger partial charge >= 0.3 is 0 Å². The van der Waals surface area contributed by atoms with Crippen molar-refractivity contribution in [2.45, 2.75) is 57.9 Å². The topological polar surface area (TPSA) is 95.4 Å². The molecule has 0 aromatic carbocycles. The Bertz CT molecular complexity index is 837. The Kier molecular flexibility index (Phi) is 3.82. The Hall–Kier alpha value is -2.64. The molecule has 0 saturated carbocycles. The fraction of sp³-hybridized carbons (Fsp3) is 0.529. The summed E-state index contributed by atoms with van der Waals surface area (Å²) >= 11 is 0. The number of hydrogen-bond acceptors (Lipinski definition) is 7. The predicted molar refractivity (Wildman–Crippen MR) is 89.7 cm³/mol. The highest BCUT2D eigenvalue weighted by molar-refractivity contribution is 5.52. The standard InChI is InChI=1S/C17H21N7O/c1-17(2,3)13-6-4-12(10-18-13)15-19-16(25-21-15)11-5-7-14-20-22-23-24(14)9-8-11/h4,6,10-11H,5,7-9H2,1-3H3. The van der Waals surface area contributed by atoms with Crippen LogP contribution in [0.4, 0.5) is 0 Å². The zero-order chi connectivity index (χ0) is 17.4. The highest BCUT2D eigenvalue weighted by Crippen LogP contribution is 2.29. The number of hydrogen-bond donors (Lipinski definition) is 0. The third-order valence-electron chi connectivity index (χ3n) is 4.59. The van der Waals surface area contributed by atoms with E-state index in [1.807, 2.05) is 23.0 Å². The number of nitrogens with zero attached hydrogens (tertiary/aromatic N) is 7. The predicted octanol–water partition coefficient (Wildman–Crippen LogP) is 2.54. The molecule has 3 aromatic heterocycles. The molecule has 1 aliphatic rings. The number of aryl methyl sites for hydroxylation is 2. The molecule has 1 unspecified atom stereocenters. The summed E-state index contributed by atoms with van der Waals surface area (Å²) in [6.07, 6.45) is 4.43. The van der Waals surface area contributed by atoms with Crippen molar-refractivity contribution in [1.29, 1.82) is 0 Å². The van der Waals surface area contributed by atoms with Crippen LogP contribution in [0.25, 0.3) is 11.4 Å². The van der Waals surface area contributed by atoms with E-state index in [0.29, 0.717) is 11.7 Å². The second kappa shape index (κ2) is 6.02. The molecule has 130 valence electrons. The molecule has 0 saturated heterocycles. The van der Waals surface area contributed by atoms with Crippen LogP contribution in [0.2, 0.25) is 0 Å². The van der Waals surface area contributed by atoms with Crippen LogP contribution < -0.4 is 0 Å². The summed E-state index contributed by atoms with van der Waals surface area (Å²) in [6.45, 7) is 7.20. The minimum absolute atomic E-state index is 0.0226. The summed E-state index contributed by atoms with van der Waals surface area (Å²) in [6, 6.07) is 4.02. The quantitative estimate of drug-likeness (QED) is 0.708. The lowest BCUT2D eigenvalue weighted by atomic mass is 9.91. The monoisotopic (exact) mass is 339 g/mol. The second-order valence-electron chi connectivity index (χ2n) is 7.48. The van der Waals surface area contributed by atoms with Crippen LogP contribution in [0.5, 0.6) is 0 Å². The lowest BCUT2D eigenvalue weighted by Gasteiger charge is -2.17. The minimum Gasteiger partial charge on any atom is -0.339 e. The molecular weight excluding hydrogens is 318 g/mol. The molecule has 0 radical (unpaired) electrons. The van der Waals surface area contributed by atoms with Crippen molar-refractivity contribution in [2.24, 2.45) is 0 Å². The fourth-order valence-corrected chi connectivity index (χ4v) is 3.04. The third-order valence-corrected chi connectivity index (χ3v) is 4.59. The van der Waals surface area contributed by atoms with Gasteiger partial charge in [0.05, 0.1) is 0 Å². The van der Waals surface area contributed by atoms with Crippen LogP contribution in [-0.4, -0.2) is 35.3 Å². The second-order valence-corrected chi connectivity index (χ2v) is 7.48. The van der Waals surface area contributed by atoms with Gasteiger partial charge in [0.1, 0.15) is 0 Å². The smallest absolute Gasteiger partial charge is 0.230 e. The Labute approximate surface area is 145 Å². The van der Waals surface area contributed by atoms with Crippen molar-refractivity contribution in [3.63, 3.8) is 0 Å². The summed E-state index contributed by atoms with van der Waals surface area (Å²) in [5, 5.41) is 15.9. The number of tetrazole rings is 1. The maximum absolute atomic E-state index is 5.53. The number of fused-ring (bicyclic) bond motifs is 1. The number of rotatable bonds is 2. The van der Waals surface area contributed by atoms with E-state index in [4.69, 9.17) is 4.52 Å². The molecule has 8 nitrogen and oxygen atoms in total. The molecular formula is C17H21N7O. The van der Waals surface area contributed by atoms with Crippen LogP contribution in [0, 0.1) is 0 Å². The highest BCUT2D eigenvalue weighted by atomic mass is 16.5. The Morgan fingerprint density at radius 1 is 1.20 bits per heavy atom. The van der Waals surface area contributed by atoms with Crippen molar-refractivity contribution in [3.05, 3.63) is 35.7 Å². The van der Waals surface area contributed by atoms with Crippen LogP contribution in [0.3, 0.4) is 0 Å². The summed E-state index contributed by atoms with van der Waals surface area (Å²) in [4.78, 5) is 9.14. The Balaban J connectivity index is 1.51. The maximum atomic E-state index is 5.53. The van der Waals surface area contributed by atoms with Gasteiger partial charge in [-0.15, -0.1) is 5.10 Å². The highest BCUT2D eigenvalue weighted by Gasteiger charge is 2.24. The first kappa shape index (κ1) is 15.9. The summed E-state index contributed by atoms with van der Waals surface area (Å²) in [5.74, 6) is 2.40. The first-order chi connectivity index (χ1) is 12.0. The van der Waals surface area contributed by atoms with Crippen molar-refractivity contribution in [1.82, 2.24) is 35.3 Å². The summed E-state index contributed by atoms with van der Waals surface area (Å²) < 4.78 is 7.39. The van der Waals surface area contributed by atoms with E-state index in [-0.39, 0.29) is 11.3 Å². The van der Waals surface area contributed by atoms with Gasteiger partial charge in [0, 0.05) is 41.8 Å². The van der Waals surface area contributed by atoms with Crippen LogP contribution in [0.1, 0.15) is 56.9 Å². The van der Waals surface area contributed by atoms with E-state index in [1.165, 1.54) is 0 Å². The van der Waals surface area contributed by atoms with Crippen molar-refractivity contribution in [3.8, 4) is 11.4 Å². The largest absolute Gasteiger partial charge is 0.339 e. The number of pyridine rings is 1. The van der Waals surface area contributed by atoms with Crippen molar-refractivity contribution < 1.29 is 4.52 Å². The lowest BCUT2D eigenvalue weighted by Crippen LogP contribution is -2.12. The molecule has 8 heteroatoms. The lowest BCUT2D eigenvalue weighted by molar-refractivity contribution is 0.337. The van der Waals surface area contributed by atoms with Gasteiger partial charge in [-0.05, 0) is 35.4 Å². The first-order valence-electron chi connectivity index (χ1n) is 8.56. The Morgan fingerprint density at radius 2 is 2.08 bits per heavy atom. The molecule has 0 aliphatic carbocycles. The summed E-state index contributed by atoms with van der Waals surface area (Å²) in [5.41, 5.74) is 1.93. The van der Waals surface area contributed by atoms with Gasteiger partial charge in [-0.25, -0.2) is 4.68 Å². The Morgan fingerprint density at radius 3 is 2.84 bits per heavy atom. The van der Waals surface area contributed by atoms with E-state index in [9.17, 15) is 0 Å². The molecule has 0 amide bonds. The van der Waals surface area contributed by atoms with Crippen molar-refractivity contribution in [2.75, 3.05) is 0 Å². The average Bonchev–Trinajstić information content (AvgIpc) is 3.21. The molecule has 0 spiro atoms. The van der Waals surface area contributed by atoms with Crippen LogP contribution >= 0.6 is 0 Å². The van der Waals surface area contributed by atoms with E-state index in [2.05, 4.69) is 51.4 Å². The van der Waals surface area contributed by atoms with E-state index in [0.717, 1.165) is 42.9 Å². The van der Waals surface area contributed by atoms with Gasteiger partial charge in [0.2, 0.25) is 11.7 Å². The fourth-order valence-electron chi connectivity index (χ4n) is 3.04. The first-order valence-corrected chi connectivity index (χ1v) is 8.56. The van der Waals surface area contributed by atoms with Gasteiger partial charge < -0.3 is 4.52 Å². The van der Waals surface area contributed by atoms with Gasteiger partial charge in [-0.1, -0.05) is 25.9 Å². The molecule has 0 N–H and O–H groups in total. The molecule has 0 bridgehead atoms. The zero-order valence-electron chi connectivity index (χ0n) is 14.7. The normalized spacial score (nSPS) is 18.0. The number of aromatic nitrogens is 7. The zero-order valence-corrected chi connectivity index (χ0v) is 14.7. The van der Waals surface area contributed by atoms with Crippen molar-refractivity contribution >= 4 is 0 Å². The van der Waals surface area contributed by atoms with Gasteiger partial charge in [0.25, 0.3) is 0 Å². The van der Waals surface area contributed by atoms with Crippen LogP contribution in [0.15, 0.2) is 22.9 Å². The molecule has 4 rings (SSSR count). The SMILES string of the molecule is CC(C)(C)c1ccc(-c2noc(C3CCc4nnnn4CC3)n2)cn1. The van der Waals surface area contributed by atoms with E-state index in [1.54, 1.807) is 0 Å². The molecule has 1 aliphatic heterocycles. The van der Waals surface area contributed by atoms with Crippen LogP contribution in [-0.2, 0) is 18.4 Å². The summed E-state index contributed by atoms with van der Waals surface area (Å²) in [7, 11) is 0. The van der Waals surface area contributed by atoms with Gasteiger partial charge in [-0.2, -0.15) is 4.98 Å². The third kappa shape index (κ3) is 3.16.